The summed E-state index contributed by atoms with van der Waals surface area (Å²) >= 11 is 5.99. The van der Waals surface area contributed by atoms with Crippen molar-refractivity contribution >= 4 is 22.6 Å². The average molecular weight is 293 g/mol. The normalized spacial score (nSPS) is 10.2. The highest BCUT2D eigenvalue weighted by molar-refractivity contribution is 6.17. The molecule has 0 N–H and O–H groups in total. The topological polar surface area (TPSA) is 65.4 Å². The predicted octanol–water partition coefficient (Wildman–Crippen LogP) is 3.51. The molecule has 0 aliphatic heterocycles. The van der Waals surface area contributed by atoms with Gasteiger partial charge in [0.2, 0.25) is 0 Å². The molecule has 0 saturated heterocycles. The summed E-state index contributed by atoms with van der Waals surface area (Å²) in [5.74, 6) is 0.862. The third kappa shape index (κ3) is 2.12. The Balaban J connectivity index is 2.40. The molecule has 0 bridgehead atoms. The Bertz CT molecular complexity index is 912. The van der Waals surface area contributed by atoms with Crippen LogP contribution < -0.4 is 0 Å². The smallest absolute Gasteiger partial charge is 0.129 e. The van der Waals surface area contributed by atoms with Crippen molar-refractivity contribution in [1.82, 2.24) is 9.55 Å². The zero-order valence-electron chi connectivity index (χ0n) is 10.9. The average Bonchev–Trinajstić information content (AvgIpc) is 2.92. The fourth-order valence-corrected chi connectivity index (χ4v) is 2.50. The van der Waals surface area contributed by atoms with E-state index in [2.05, 4.69) is 17.1 Å². The molecule has 0 aliphatic rings. The number of alkyl halides is 1. The van der Waals surface area contributed by atoms with Gasteiger partial charge in [-0.3, -0.25) is 4.57 Å². The molecular formula is C16H9ClN4. The van der Waals surface area contributed by atoms with E-state index in [1.54, 1.807) is 24.3 Å². The largest absolute Gasteiger partial charge is 0.294 e. The minimum atomic E-state index is 0.219. The molecule has 0 saturated carbocycles. The van der Waals surface area contributed by atoms with Crippen LogP contribution in [0.4, 0.5) is 0 Å². The predicted molar refractivity (Wildman–Crippen MR) is 80.1 cm³/mol. The third-order valence-corrected chi connectivity index (χ3v) is 3.48. The Morgan fingerprint density at radius 3 is 2.62 bits per heavy atom. The van der Waals surface area contributed by atoms with Crippen molar-refractivity contribution in [2.75, 3.05) is 0 Å². The maximum absolute atomic E-state index is 9.28. The van der Waals surface area contributed by atoms with Gasteiger partial charge < -0.3 is 0 Å². The number of hydrogen-bond donors (Lipinski definition) is 0. The molecule has 0 fully saturated rings. The molecule has 3 rings (SSSR count). The summed E-state index contributed by atoms with van der Waals surface area (Å²) in [6.45, 7) is 0. The molecule has 0 unspecified atom stereocenters. The summed E-state index contributed by atoms with van der Waals surface area (Å²) in [5.41, 5.74) is 3.31. The maximum Gasteiger partial charge on any atom is 0.129 e. The second-order valence-corrected chi connectivity index (χ2v) is 4.71. The Hall–Kier alpha value is -2.82. The van der Waals surface area contributed by atoms with Gasteiger partial charge in [-0.1, -0.05) is 12.1 Å². The van der Waals surface area contributed by atoms with Gasteiger partial charge in [-0.15, -0.1) is 11.6 Å². The maximum atomic E-state index is 9.28. The van der Waals surface area contributed by atoms with Crippen molar-refractivity contribution < 1.29 is 0 Å². The lowest BCUT2D eigenvalue weighted by atomic mass is 10.1. The van der Waals surface area contributed by atoms with Crippen LogP contribution >= 0.6 is 11.6 Å². The van der Waals surface area contributed by atoms with E-state index in [4.69, 9.17) is 16.9 Å². The number of benzene rings is 2. The number of hydrogen-bond acceptors (Lipinski definition) is 3. The number of nitriles is 2. The van der Waals surface area contributed by atoms with Crippen LogP contribution in [-0.4, -0.2) is 9.55 Å². The lowest BCUT2D eigenvalue weighted by Crippen LogP contribution is -2.01. The van der Waals surface area contributed by atoms with E-state index in [9.17, 15) is 5.26 Å². The Morgan fingerprint density at radius 1 is 1.10 bits per heavy atom. The molecule has 1 aromatic heterocycles. The van der Waals surface area contributed by atoms with E-state index in [0.29, 0.717) is 22.6 Å². The Morgan fingerprint density at radius 2 is 1.90 bits per heavy atom. The number of fused-ring (bicyclic) bond motifs is 1. The monoisotopic (exact) mass is 292 g/mol. The number of para-hydroxylation sites is 1. The molecule has 1 heterocycles. The van der Waals surface area contributed by atoms with Gasteiger partial charge in [0.15, 0.2) is 0 Å². The molecule has 0 amide bonds. The van der Waals surface area contributed by atoms with E-state index < -0.39 is 0 Å². The fourth-order valence-electron chi connectivity index (χ4n) is 2.32. The second kappa shape index (κ2) is 5.28. The van der Waals surface area contributed by atoms with Gasteiger partial charge in [0.1, 0.15) is 11.9 Å². The van der Waals surface area contributed by atoms with Crippen molar-refractivity contribution in [2.45, 2.75) is 5.88 Å². The van der Waals surface area contributed by atoms with Crippen molar-refractivity contribution in [2.24, 2.45) is 0 Å². The summed E-state index contributed by atoms with van der Waals surface area (Å²) in [7, 11) is 0. The Kier molecular flexibility index (Phi) is 3.31. The fraction of sp³-hybridized carbons (Fsp3) is 0.0625. The van der Waals surface area contributed by atoms with Crippen LogP contribution in [0.5, 0.6) is 0 Å². The highest BCUT2D eigenvalue weighted by atomic mass is 35.5. The van der Waals surface area contributed by atoms with Crippen LogP contribution in [0.25, 0.3) is 16.7 Å². The minimum absolute atomic E-state index is 0.219. The molecule has 0 atom stereocenters. The van der Waals surface area contributed by atoms with E-state index in [-0.39, 0.29) is 5.88 Å². The van der Waals surface area contributed by atoms with Crippen LogP contribution in [0.1, 0.15) is 17.0 Å². The SMILES string of the molecule is N#Cc1ccc2nc(CCl)n(-c3ccccc3C#N)c2c1. The number of aromatic nitrogens is 2. The van der Waals surface area contributed by atoms with Crippen molar-refractivity contribution in [1.29, 1.82) is 10.5 Å². The first-order valence-corrected chi connectivity index (χ1v) is 6.79. The summed E-state index contributed by atoms with van der Waals surface area (Å²) in [6, 6.07) is 16.8. The van der Waals surface area contributed by atoms with E-state index in [1.807, 2.05) is 22.8 Å². The van der Waals surface area contributed by atoms with E-state index in [1.165, 1.54) is 0 Å². The van der Waals surface area contributed by atoms with Crippen LogP contribution in [-0.2, 0) is 5.88 Å². The van der Waals surface area contributed by atoms with Gasteiger partial charge in [0, 0.05) is 0 Å². The third-order valence-electron chi connectivity index (χ3n) is 3.24. The zero-order valence-corrected chi connectivity index (χ0v) is 11.7. The number of halogens is 1. The van der Waals surface area contributed by atoms with Crippen LogP contribution in [0.2, 0.25) is 0 Å². The van der Waals surface area contributed by atoms with Gasteiger partial charge in [-0.05, 0) is 30.3 Å². The lowest BCUT2D eigenvalue weighted by molar-refractivity contribution is 0.978. The lowest BCUT2D eigenvalue weighted by Gasteiger charge is -2.09. The van der Waals surface area contributed by atoms with Crippen molar-refractivity contribution in [3.63, 3.8) is 0 Å². The van der Waals surface area contributed by atoms with Gasteiger partial charge >= 0.3 is 0 Å². The van der Waals surface area contributed by atoms with E-state index >= 15 is 0 Å². The summed E-state index contributed by atoms with van der Waals surface area (Å²) in [6.07, 6.45) is 0. The van der Waals surface area contributed by atoms with Gasteiger partial charge in [-0.25, -0.2) is 4.98 Å². The molecular weight excluding hydrogens is 284 g/mol. The van der Waals surface area contributed by atoms with Gasteiger partial charge in [-0.2, -0.15) is 10.5 Å². The molecule has 2 aromatic carbocycles. The quantitative estimate of drug-likeness (QED) is 0.679. The van der Waals surface area contributed by atoms with Crippen LogP contribution in [0.15, 0.2) is 42.5 Å². The van der Waals surface area contributed by atoms with E-state index in [0.717, 1.165) is 11.0 Å². The van der Waals surface area contributed by atoms with Crippen molar-refractivity contribution in [3.8, 4) is 17.8 Å². The highest BCUT2D eigenvalue weighted by Crippen LogP contribution is 2.25. The van der Waals surface area contributed by atoms with Crippen LogP contribution in [0.3, 0.4) is 0 Å². The zero-order chi connectivity index (χ0) is 14.8. The number of imidazole rings is 1. The minimum Gasteiger partial charge on any atom is -0.294 e. The molecule has 3 aromatic rings. The molecule has 0 radical (unpaired) electrons. The summed E-state index contributed by atoms with van der Waals surface area (Å²) < 4.78 is 1.84. The number of nitrogens with zero attached hydrogens (tertiary/aromatic N) is 4. The highest BCUT2D eigenvalue weighted by Gasteiger charge is 2.14. The second-order valence-electron chi connectivity index (χ2n) is 4.44. The summed E-state index contributed by atoms with van der Waals surface area (Å²) in [4.78, 5) is 4.47. The molecule has 0 aliphatic carbocycles. The standard InChI is InChI=1S/C16H9ClN4/c17-8-16-20-13-6-5-11(9-18)7-15(13)21(16)14-4-2-1-3-12(14)10-19/h1-7H,8H2. The summed E-state index contributed by atoms with van der Waals surface area (Å²) in [5, 5.41) is 18.3. The number of rotatable bonds is 2. The van der Waals surface area contributed by atoms with Gasteiger partial charge in [0.05, 0.1) is 39.8 Å². The molecule has 100 valence electrons. The molecule has 5 heteroatoms. The Labute approximate surface area is 126 Å². The molecule has 0 spiro atoms. The van der Waals surface area contributed by atoms with Gasteiger partial charge in [0.25, 0.3) is 0 Å². The first kappa shape index (κ1) is 13.2. The first-order valence-electron chi connectivity index (χ1n) is 6.25. The van der Waals surface area contributed by atoms with Crippen LogP contribution in [0, 0.1) is 22.7 Å². The first-order chi connectivity index (χ1) is 10.3. The molecule has 21 heavy (non-hydrogen) atoms. The van der Waals surface area contributed by atoms with Crippen molar-refractivity contribution in [3.05, 3.63) is 59.4 Å². The molecule has 4 nitrogen and oxygen atoms in total.